The van der Waals surface area contributed by atoms with E-state index in [-0.39, 0.29) is 28.2 Å². The average Bonchev–Trinajstić information content (AvgIpc) is 3.23. The van der Waals surface area contributed by atoms with Crippen molar-refractivity contribution in [3.8, 4) is 23.1 Å². The lowest BCUT2D eigenvalue weighted by Crippen LogP contribution is -2.08. The third kappa shape index (κ3) is 4.36. The largest absolute Gasteiger partial charge is 0.494 e. The molecule has 2 aromatic carbocycles. The molecule has 0 fully saturated rings. The Bertz CT molecular complexity index is 1170. The minimum atomic E-state index is -4.73. The van der Waals surface area contributed by atoms with Crippen molar-refractivity contribution < 1.29 is 36.5 Å². The fourth-order valence-electron chi connectivity index (χ4n) is 3.58. The molecule has 1 aliphatic carbocycles. The van der Waals surface area contributed by atoms with Gasteiger partial charge in [-0.1, -0.05) is 17.4 Å². The maximum atomic E-state index is 12.9. The summed E-state index contributed by atoms with van der Waals surface area (Å²) in [4.78, 5) is 14.0. The zero-order valence-electron chi connectivity index (χ0n) is 15.5. The Balaban J connectivity index is 1.62. The standard InChI is InChI=1S/C20H14F5NO4S/c21-18(22)30-15-8-10(20(23,24)25)2-6-14(15)29-11-3-5-12-9(7-11)1-4-13(12)16-17(27)26-19(28)31-16/h2-3,5-8,13,18,27H,1,4H2,(H,26,28)/t13-/m1/s1. The van der Waals surface area contributed by atoms with Gasteiger partial charge < -0.3 is 14.6 Å². The molecule has 2 N–H and O–H groups in total. The number of hydrogen-bond acceptors (Lipinski definition) is 5. The van der Waals surface area contributed by atoms with Gasteiger partial charge in [0.05, 0.1) is 10.4 Å². The molecule has 1 aromatic heterocycles. The van der Waals surface area contributed by atoms with Gasteiger partial charge in [0.25, 0.3) is 0 Å². The van der Waals surface area contributed by atoms with Gasteiger partial charge in [0.15, 0.2) is 11.5 Å². The molecule has 0 saturated heterocycles. The molecule has 3 aromatic rings. The van der Waals surface area contributed by atoms with Gasteiger partial charge in [0.1, 0.15) is 5.75 Å². The van der Waals surface area contributed by atoms with Gasteiger partial charge in [-0.05, 0) is 54.3 Å². The molecule has 0 unspecified atom stereocenters. The summed E-state index contributed by atoms with van der Waals surface area (Å²) in [6.07, 6.45) is -3.48. The van der Waals surface area contributed by atoms with Crippen LogP contribution < -0.4 is 14.3 Å². The molecule has 0 aliphatic heterocycles. The van der Waals surface area contributed by atoms with Gasteiger partial charge in [-0.25, -0.2) is 0 Å². The van der Waals surface area contributed by atoms with Crippen LogP contribution >= 0.6 is 11.3 Å². The Morgan fingerprint density at radius 3 is 2.55 bits per heavy atom. The van der Waals surface area contributed by atoms with Crippen LogP contribution in [0.5, 0.6) is 23.1 Å². The van der Waals surface area contributed by atoms with Crippen LogP contribution in [-0.4, -0.2) is 16.7 Å². The number of alkyl halides is 5. The number of nitrogens with one attached hydrogen (secondary N) is 1. The van der Waals surface area contributed by atoms with Crippen LogP contribution in [0.2, 0.25) is 0 Å². The van der Waals surface area contributed by atoms with E-state index >= 15 is 0 Å². The molecule has 164 valence electrons. The van der Waals surface area contributed by atoms with Crippen LogP contribution in [0.15, 0.2) is 41.2 Å². The highest BCUT2D eigenvalue weighted by Crippen LogP contribution is 2.44. The van der Waals surface area contributed by atoms with Crippen molar-refractivity contribution in [2.45, 2.75) is 31.5 Å². The second-order valence-corrected chi connectivity index (χ2v) is 7.83. The molecule has 1 heterocycles. The van der Waals surface area contributed by atoms with E-state index in [4.69, 9.17) is 4.74 Å². The Morgan fingerprint density at radius 2 is 1.90 bits per heavy atom. The first kappa shape index (κ1) is 21.2. The Morgan fingerprint density at radius 1 is 1.13 bits per heavy atom. The fraction of sp³-hybridized carbons (Fsp3) is 0.250. The Hall–Kier alpha value is -3.08. The Kier molecular flexibility index (Phi) is 5.38. The van der Waals surface area contributed by atoms with Gasteiger partial charge in [-0.2, -0.15) is 22.0 Å². The normalized spacial score (nSPS) is 15.9. The summed E-state index contributed by atoms with van der Waals surface area (Å²) < 4.78 is 73.8. The SMILES string of the molecule is O=c1[nH]c(O)c([C@@H]2CCc3cc(Oc4ccc(C(F)(F)F)cc4OC(F)F)ccc32)s1. The van der Waals surface area contributed by atoms with E-state index < -0.39 is 24.1 Å². The number of rotatable bonds is 5. The first-order valence-corrected chi connectivity index (χ1v) is 9.82. The lowest BCUT2D eigenvalue weighted by atomic mass is 10.00. The maximum absolute atomic E-state index is 12.9. The number of fused-ring (bicyclic) bond motifs is 1. The van der Waals surface area contributed by atoms with Crippen LogP contribution in [0.1, 0.15) is 33.9 Å². The first-order valence-electron chi connectivity index (χ1n) is 9.00. The van der Waals surface area contributed by atoms with Gasteiger partial charge in [-0.3, -0.25) is 9.78 Å². The van der Waals surface area contributed by atoms with Crippen molar-refractivity contribution in [1.29, 1.82) is 0 Å². The summed E-state index contributed by atoms with van der Waals surface area (Å²) in [6, 6.07) is 6.99. The van der Waals surface area contributed by atoms with Crippen LogP contribution in [-0.2, 0) is 12.6 Å². The zero-order chi connectivity index (χ0) is 22.3. The van der Waals surface area contributed by atoms with E-state index in [2.05, 4.69) is 9.72 Å². The highest BCUT2D eigenvalue weighted by Gasteiger charge is 2.32. The number of aromatic hydroxyl groups is 1. The smallest absolute Gasteiger partial charge is 0.416 e. The summed E-state index contributed by atoms with van der Waals surface area (Å²) >= 11 is 0.921. The third-order valence-electron chi connectivity index (χ3n) is 4.88. The highest BCUT2D eigenvalue weighted by atomic mass is 32.1. The van der Waals surface area contributed by atoms with Gasteiger partial charge in [0.2, 0.25) is 5.88 Å². The highest BCUT2D eigenvalue weighted by molar-refractivity contribution is 7.09. The molecule has 0 radical (unpaired) electrons. The van der Waals surface area contributed by atoms with E-state index in [1.54, 1.807) is 12.1 Å². The quantitative estimate of drug-likeness (QED) is 0.485. The number of halogens is 5. The molecular weight excluding hydrogens is 445 g/mol. The molecule has 0 bridgehead atoms. The lowest BCUT2D eigenvalue weighted by molar-refractivity contribution is -0.138. The molecule has 1 aliphatic rings. The summed E-state index contributed by atoms with van der Waals surface area (Å²) in [7, 11) is 0. The van der Waals surface area contributed by atoms with Gasteiger partial charge >= 0.3 is 17.7 Å². The molecule has 31 heavy (non-hydrogen) atoms. The molecule has 0 amide bonds. The number of aryl methyl sites for hydroxylation is 1. The Labute approximate surface area is 175 Å². The molecule has 11 heteroatoms. The summed E-state index contributed by atoms with van der Waals surface area (Å²) in [5.74, 6) is -1.15. The molecule has 0 spiro atoms. The number of benzene rings is 2. The number of hydrogen-bond donors (Lipinski definition) is 2. The number of ether oxygens (including phenoxy) is 2. The third-order valence-corrected chi connectivity index (χ3v) is 5.87. The predicted molar refractivity (Wildman–Crippen MR) is 101 cm³/mol. The molecule has 5 nitrogen and oxygen atoms in total. The van der Waals surface area contributed by atoms with E-state index in [1.165, 1.54) is 6.07 Å². The maximum Gasteiger partial charge on any atom is 0.416 e. The molecule has 1 atom stereocenters. The van der Waals surface area contributed by atoms with Crippen molar-refractivity contribution in [1.82, 2.24) is 4.98 Å². The van der Waals surface area contributed by atoms with Crippen LogP contribution in [0, 0.1) is 0 Å². The van der Waals surface area contributed by atoms with E-state index in [1.807, 2.05) is 0 Å². The second kappa shape index (κ2) is 7.88. The average molecular weight is 459 g/mol. The number of aromatic nitrogens is 1. The monoisotopic (exact) mass is 459 g/mol. The molecule has 0 saturated carbocycles. The lowest BCUT2D eigenvalue weighted by Gasteiger charge is -2.15. The van der Waals surface area contributed by atoms with Crippen molar-refractivity contribution in [2.24, 2.45) is 0 Å². The van der Waals surface area contributed by atoms with E-state index in [0.717, 1.165) is 28.5 Å². The van der Waals surface area contributed by atoms with Crippen molar-refractivity contribution >= 4 is 11.3 Å². The minimum absolute atomic E-state index is 0.174. The van der Waals surface area contributed by atoms with Gasteiger partial charge in [-0.15, -0.1) is 0 Å². The van der Waals surface area contributed by atoms with Crippen molar-refractivity contribution in [3.05, 3.63) is 67.6 Å². The fourth-order valence-corrected chi connectivity index (χ4v) is 4.46. The van der Waals surface area contributed by atoms with Crippen LogP contribution in [0.25, 0.3) is 0 Å². The van der Waals surface area contributed by atoms with Crippen LogP contribution in [0.3, 0.4) is 0 Å². The summed E-state index contributed by atoms with van der Waals surface area (Å²) in [5.41, 5.74) is 0.581. The molecular formula is C20H14F5NO4S. The first-order chi connectivity index (χ1) is 14.6. The number of thiazole rings is 1. The van der Waals surface area contributed by atoms with Gasteiger partial charge in [0, 0.05) is 5.92 Å². The zero-order valence-corrected chi connectivity index (χ0v) is 16.3. The second-order valence-electron chi connectivity index (χ2n) is 6.82. The number of aromatic amines is 1. The van der Waals surface area contributed by atoms with E-state index in [0.29, 0.717) is 29.9 Å². The summed E-state index contributed by atoms with van der Waals surface area (Å²) in [5, 5.41) is 9.92. The topological polar surface area (TPSA) is 71.6 Å². The van der Waals surface area contributed by atoms with Crippen molar-refractivity contribution in [3.63, 3.8) is 0 Å². The summed E-state index contributed by atoms with van der Waals surface area (Å²) in [6.45, 7) is -3.33. The van der Waals surface area contributed by atoms with E-state index in [9.17, 15) is 31.9 Å². The number of H-pyrrole nitrogens is 1. The molecule has 4 rings (SSSR count). The van der Waals surface area contributed by atoms with Crippen LogP contribution in [0.4, 0.5) is 22.0 Å². The minimum Gasteiger partial charge on any atom is -0.494 e. The van der Waals surface area contributed by atoms with Crippen molar-refractivity contribution in [2.75, 3.05) is 0 Å². The predicted octanol–water partition coefficient (Wildman–Crippen LogP) is 5.63.